The average molecular weight is 431 g/mol. The van der Waals surface area contributed by atoms with Gasteiger partial charge in [0.15, 0.2) is 0 Å². The fourth-order valence-electron chi connectivity index (χ4n) is 2.79. The van der Waals surface area contributed by atoms with E-state index < -0.39 is 22.9 Å². The summed E-state index contributed by atoms with van der Waals surface area (Å²) in [5, 5.41) is 19.1. The maximum atomic E-state index is 12.9. The van der Waals surface area contributed by atoms with Crippen molar-refractivity contribution >= 4 is 39.2 Å². The summed E-state index contributed by atoms with van der Waals surface area (Å²) < 4.78 is 0.872. The summed E-state index contributed by atoms with van der Waals surface area (Å²) in [6.45, 7) is 1.61. The van der Waals surface area contributed by atoms with Crippen LogP contribution in [0.15, 0.2) is 64.3 Å². The fraction of sp³-hybridized carbons (Fsp3) is 0.111. The maximum absolute atomic E-state index is 12.9. The zero-order valence-corrected chi connectivity index (χ0v) is 15.7. The number of urea groups is 1. The van der Waals surface area contributed by atoms with Crippen LogP contribution in [-0.4, -0.2) is 16.9 Å². The highest BCUT2D eigenvalue weighted by Gasteiger charge is 2.31. The predicted molar refractivity (Wildman–Crippen MR) is 103 cm³/mol. The van der Waals surface area contributed by atoms with Crippen LogP contribution in [0.2, 0.25) is 0 Å². The monoisotopic (exact) mass is 430 g/mol. The summed E-state index contributed by atoms with van der Waals surface area (Å²) in [6.07, 6.45) is 0. The van der Waals surface area contributed by atoms with E-state index in [2.05, 4.69) is 31.9 Å². The quantitative estimate of drug-likeness (QED) is 0.507. The molecule has 3 amide bonds. The second-order valence-electron chi connectivity index (χ2n) is 5.88. The number of nitrogens with one attached hydrogen (secondary N) is 3. The minimum atomic E-state index is -0.811. The highest BCUT2D eigenvalue weighted by molar-refractivity contribution is 9.10. The van der Waals surface area contributed by atoms with Gasteiger partial charge in [-0.25, -0.2) is 4.79 Å². The van der Waals surface area contributed by atoms with Gasteiger partial charge < -0.3 is 16.0 Å². The molecule has 9 heteroatoms. The van der Waals surface area contributed by atoms with Crippen LogP contribution in [0.25, 0.3) is 0 Å². The van der Waals surface area contributed by atoms with Gasteiger partial charge in [-0.05, 0) is 36.8 Å². The molecule has 0 bridgehead atoms. The Labute approximate surface area is 162 Å². The second kappa shape index (κ2) is 7.58. The van der Waals surface area contributed by atoms with E-state index in [1.807, 2.05) is 0 Å². The van der Waals surface area contributed by atoms with E-state index in [4.69, 9.17) is 0 Å². The molecular weight excluding hydrogens is 416 g/mol. The first-order chi connectivity index (χ1) is 12.8. The minimum Gasteiger partial charge on any atom is -0.327 e. The Morgan fingerprint density at radius 3 is 2.59 bits per heavy atom. The first-order valence-electron chi connectivity index (χ1n) is 7.94. The van der Waals surface area contributed by atoms with Gasteiger partial charge in [0.25, 0.3) is 11.6 Å². The van der Waals surface area contributed by atoms with Crippen molar-refractivity contribution < 1.29 is 14.5 Å². The molecule has 1 atom stereocenters. The molecule has 27 heavy (non-hydrogen) atoms. The third-order valence-electron chi connectivity index (χ3n) is 4.03. The molecule has 2 aromatic rings. The lowest BCUT2D eigenvalue weighted by atomic mass is 9.94. The molecule has 138 valence electrons. The molecular formula is C18H15BrN4O4. The van der Waals surface area contributed by atoms with Crippen molar-refractivity contribution in [2.24, 2.45) is 0 Å². The van der Waals surface area contributed by atoms with Crippen molar-refractivity contribution in [3.63, 3.8) is 0 Å². The van der Waals surface area contributed by atoms with Crippen molar-refractivity contribution in [3.05, 3.63) is 80.0 Å². The van der Waals surface area contributed by atoms with Crippen LogP contribution < -0.4 is 16.0 Å². The van der Waals surface area contributed by atoms with Gasteiger partial charge in [-0.1, -0.05) is 28.1 Å². The molecule has 0 fully saturated rings. The molecule has 0 saturated carbocycles. The summed E-state index contributed by atoms with van der Waals surface area (Å²) in [5.74, 6) is -0.418. The van der Waals surface area contributed by atoms with Crippen LogP contribution in [0.1, 0.15) is 18.5 Å². The van der Waals surface area contributed by atoms with Gasteiger partial charge in [0.05, 0.1) is 16.5 Å². The summed E-state index contributed by atoms with van der Waals surface area (Å²) in [6, 6.07) is 11.6. The van der Waals surface area contributed by atoms with Crippen molar-refractivity contribution in [1.82, 2.24) is 10.6 Å². The number of nitro benzene ring substituents is 1. The zero-order chi connectivity index (χ0) is 19.6. The largest absolute Gasteiger partial charge is 0.327 e. The third-order valence-corrected chi connectivity index (χ3v) is 4.56. The van der Waals surface area contributed by atoms with Gasteiger partial charge in [-0.2, -0.15) is 0 Å². The van der Waals surface area contributed by atoms with Crippen LogP contribution in [0.3, 0.4) is 0 Å². The normalized spacial score (nSPS) is 16.4. The van der Waals surface area contributed by atoms with Gasteiger partial charge in [0.2, 0.25) is 0 Å². The van der Waals surface area contributed by atoms with Gasteiger partial charge in [0, 0.05) is 28.0 Å². The lowest BCUT2D eigenvalue weighted by molar-refractivity contribution is -0.384. The SMILES string of the molecule is CC1=C(C(=O)Nc2ccc(Br)cc2)C(c2cccc([N+](=O)[O-])c2)NC(=O)N1. The number of non-ortho nitro benzene ring substituents is 1. The Hall–Kier alpha value is -3.20. The molecule has 1 aliphatic rings. The van der Waals surface area contributed by atoms with Gasteiger partial charge in [-0.15, -0.1) is 0 Å². The van der Waals surface area contributed by atoms with E-state index in [0.29, 0.717) is 16.9 Å². The topological polar surface area (TPSA) is 113 Å². The first-order valence-corrected chi connectivity index (χ1v) is 8.74. The summed E-state index contributed by atoms with van der Waals surface area (Å²) >= 11 is 3.33. The number of anilines is 1. The number of nitrogens with zero attached hydrogens (tertiary/aromatic N) is 1. The molecule has 0 aliphatic carbocycles. The molecule has 2 aromatic carbocycles. The van der Waals surface area contributed by atoms with Gasteiger partial charge in [0.1, 0.15) is 0 Å². The van der Waals surface area contributed by atoms with E-state index in [-0.39, 0.29) is 11.3 Å². The van der Waals surface area contributed by atoms with E-state index in [1.165, 1.54) is 18.2 Å². The van der Waals surface area contributed by atoms with Crippen molar-refractivity contribution in [1.29, 1.82) is 0 Å². The molecule has 1 aliphatic heterocycles. The Morgan fingerprint density at radius 1 is 1.22 bits per heavy atom. The number of nitro groups is 1. The number of allylic oxidation sites excluding steroid dienone is 1. The highest BCUT2D eigenvalue weighted by atomic mass is 79.9. The van der Waals surface area contributed by atoms with E-state index >= 15 is 0 Å². The van der Waals surface area contributed by atoms with Gasteiger partial charge >= 0.3 is 6.03 Å². The van der Waals surface area contributed by atoms with E-state index in [9.17, 15) is 19.7 Å². The Kier molecular flexibility index (Phi) is 5.22. The van der Waals surface area contributed by atoms with Crippen molar-refractivity contribution in [2.45, 2.75) is 13.0 Å². The average Bonchev–Trinajstić information content (AvgIpc) is 2.63. The Balaban J connectivity index is 1.96. The van der Waals surface area contributed by atoms with E-state index in [0.717, 1.165) is 4.47 Å². The zero-order valence-electron chi connectivity index (χ0n) is 14.2. The lowest BCUT2D eigenvalue weighted by Crippen LogP contribution is -2.46. The second-order valence-corrected chi connectivity index (χ2v) is 6.80. The number of carbonyl (C=O) groups excluding carboxylic acids is 2. The molecule has 0 spiro atoms. The van der Waals surface area contributed by atoms with Crippen LogP contribution >= 0.6 is 15.9 Å². The van der Waals surface area contributed by atoms with Crippen LogP contribution in [0.5, 0.6) is 0 Å². The Morgan fingerprint density at radius 2 is 1.93 bits per heavy atom. The number of amides is 3. The fourth-order valence-corrected chi connectivity index (χ4v) is 3.06. The van der Waals surface area contributed by atoms with Crippen LogP contribution in [0, 0.1) is 10.1 Å². The number of halogens is 1. The number of benzene rings is 2. The predicted octanol–water partition coefficient (Wildman–Crippen LogP) is 3.62. The molecule has 1 unspecified atom stereocenters. The standard InChI is InChI=1S/C18H15BrN4O4/c1-10-15(17(24)21-13-7-5-12(19)6-8-13)16(22-18(25)20-10)11-3-2-4-14(9-11)23(26)27/h2-9,16H,1H3,(H,21,24)(H2,20,22,25). The molecule has 8 nitrogen and oxygen atoms in total. The Bertz CT molecular complexity index is 956. The minimum absolute atomic E-state index is 0.120. The van der Waals surface area contributed by atoms with Crippen LogP contribution in [-0.2, 0) is 4.79 Å². The molecule has 1 heterocycles. The summed E-state index contributed by atoms with van der Waals surface area (Å²) in [7, 11) is 0. The third kappa shape index (κ3) is 4.14. The highest BCUT2D eigenvalue weighted by Crippen LogP contribution is 2.29. The molecule has 0 aromatic heterocycles. The van der Waals surface area contributed by atoms with Crippen LogP contribution in [0.4, 0.5) is 16.2 Å². The number of hydrogen-bond donors (Lipinski definition) is 3. The molecule has 3 N–H and O–H groups in total. The summed E-state index contributed by atoms with van der Waals surface area (Å²) in [5.41, 5.74) is 1.56. The lowest BCUT2D eigenvalue weighted by Gasteiger charge is -2.28. The number of rotatable bonds is 4. The summed E-state index contributed by atoms with van der Waals surface area (Å²) in [4.78, 5) is 35.3. The van der Waals surface area contributed by atoms with Gasteiger partial charge in [-0.3, -0.25) is 14.9 Å². The molecule has 3 rings (SSSR count). The molecule has 0 radical (unpaired) electrons. The number of carbonyl (C=O) groups is 2. The maximum Gasteiger partial charge on any atom is 0.319 e. The smallest absolute Gasteiger partial charge is 0.319 e. The number of hydrogen-bond acceptors (Lipinski definition) is 4. The molecule has 0 saturated heterocycles. The van der Waals surface area contributed by atoms with Crippen molar-refractivity contribution in [3.8, 4) is 0 Å². The van der Waals surface area contributed by atoms with E-state index in [1.54, 1.807) is 37.3 Å². The first kappa shape index (κ1) is 18.6. The van der Waals surface area contributed by atoms with Crippen molar-refractivity contribution in [2.75, 3.05) is 5.32 Å².